The summed E-state index contributed by atoms with van der Waals surface area (Å²) < 4.78 is 7.00. The molecule has 1 fully saturated rings. The Morgan fingerprint density at radius 2 is 1.50 bits per heavy atom. The second kappa shape index (κ2) is 18.5. The Labute approximate surface area is 253 Å². The van der Waals surface area contributed by atoms with Crippen molar-refractivity contribution < 1.29 is 19.7 Å². The molecule has 2 atom stereocenters. The number of hydrogen-bond donors (Lipinski definition) is 1. The van der Waals surface area contributed by atoms with Gasteiger partial charge in [-0.3, -0.25) is 20.2 Å². The number of benzene rings is 2. The van der Waals surface area contributed by atoms with E-state index in [1.54, 1.807) is 6.07 Å². The molecular weight excluding hydrogens is 851 g/mol. The maximum atomic E-state index is 10.5. The highest BCUT2D eigenvalue weighted by atomic mass is 127. The van der Waals surface area contributed by atoms with Gasteiger partial charge in [0.05, 0.1) is 30.4 Å². The van der Waals surface area contributed by atoms with Gasteiger partial charge >= 0.3 is 0 Å². The van der Waals surface area contributed by atoms with Gasteiger partial charge in [0.25, 0.3) is 11.4 Å². The summed E-state index contributed by atoms with van der Waals surface area (Å²) in [5.74, 6) is -0.0151. The topological polar surface area (TPSA) is 119 Å². The molecular formula is C20H22Cl3I3N2O6. The molecule has 0 amide bonds. The fraction of sp³-hybridized carbons (Fsp3) is 0.400. The van der Waals surface area contributed by atoms with E-state index in [1.807, 2.05) is 0 Å². The first-order valence-corrected chi connectivity index (χ1v) is 14.8. The van der Waals surface area contributed by atoms with E-state index in [0.29, 0.717) is 12.2 Å². The van der Waals surface area contributed by atoms with Crippen molar-refractivity contribution in [1.29, 1.82) is 0 Å². The summed E-state index contributed by atoms with van der Waals surface area (Å²) in [5.41, 5.74) is 0.912. The van der Waals surface area contributed by atoms with Gasteiger partial charge in [-0.1, -0.05) is 110 Å². The van der Waals surface area contributed by atoms with E-state index in [1.165, 1.54) is 34.8 Å². The van der Waals surface area contributed by atoms with Crippen molar-refractivity contribution in [1.82, 2.24) is 0 Å². The number of nitro groups is 2. The minimum absolute atomic E-state index is 0.0151. The van der Waals surface area contributed by atoms with Crippen LogP contribution in [-0.4, -0.2) is 33.8 Å². The first-order valence-electron chi connectivity index (χ1n) is 9.46. The van der Waals surface area contributed by atoms with Crippen LogP contribution >= 0.6 is 103 Å². The predicted molar refractivity (Wildman–Crippen MR) is 163 cm³/mol. The molecule has 3 rings (SSSR count). The lowest BCUT2D eigenvalue weighted by Gasteiger charge is -2.06. The zero-order chi connectivity index (χ0) is 26.4. The zero-order valence-corrected chi connectivity index (χ0v) is 26.7. The standard InChI is InChI=1S/C8H7Cl2NO3.C8H6ClNO3.C2H4I2.C2H5I/c9-4-8(12)5-1-2-6(10)7(3-5)11(13)14;9-6-2-1-5(8-4-13-8)3-7(6)10(11)12;1-2(3)4;1-2-3/h1-3,8,12H,4H2;1-3,8H,4H2;2H,1H3;2H2,1H3/t2*8-;;/m00../s1. The molecule has 1 heterocycles. The van der Waals surface area contributed by atoms with Crippen molar-refractivity contribution in [2.75, 3.05) is 16.9 Å². The fourth-order valence-corrected chi connectivity index (χ4v) is 2.63. The SMILES string of the molecule is CC(I)I.CCI.O=[N+]([O-])c1cc([C@@H](O)CCl)ccc1Cl.O=[N+]([O-])c1cc([C@@H]2CO2)ccc1Cl. The van der Waals surface area contributed by atoms with Gasteiger partial charge in [0.15, 0.2) is 0 Å². The molecule has 0 spiro atoms. The van der Waals surface area contributed by atoms with Gasteiger partial charge in [0, 0.05) is 12.1 Å². The molecule has 190 valence electrons. The highest BCUT2D eigenvalue weighted by Gasteiger charge is 2.27. The molecule has 0 aliphatic carbocycles. The van der Waals surface area contributed by atoms with Crippen molar-refractivity contribution >= 4 is 114 Å². The summed E-state index contributed by atoms with van der Waals surface area (Å²) in [7, 11) is 0. The highest BCUT2D eigenvalue weighted by Crippen LogP contribution is 2.34. The number of epoxide rings is 1. The van der Waals surface area contributed by atoms with E-state index in [4.69, 9.17) is 39.5 Å². The maximum Gasteiger partial charge on any atom is 0.288 e. The van der Waals surface area contributed by atoms with Gasteiger partial charge in [-0.05, 0) is 34.6 Å². The summed E-state index contributed by atoms with van der Waals surface area (Å²) in [6, 6.07) is 8.81. The van der Waals surface area contributed by atoms with Crippen LogP contribution in [0.4, 0.5) is 11.4 Å². The van der Waals surface area contributed by atoms with Crippen LogP contribution < -0.4 is 0 Å². The van der Waals surface area contributed by atoms with E-state index in [2.05, 4.69) is 81.6 Å². The Kier molecular flexibility index (Phi) is 18.6. The van der Waals surface area contributed by atoms with Gasteiger partial charge in [-0.15, -0.1) is 11.6 Å². The summed E-state index contributed by atoms with van der Waals surface area (Å²) in [6.07, 6.45) is -0.886. The summed E-state index contributed by atoms with van der Waals surface area (Å²) >= 11 is 23.6. The van der Waals surface area contributed by atoms with Crippen molar-refractivity contribution in [3.63, 3.8) is 0 Å². The molecule has 0 bridgehead atoms. The molecule has 0 unspecified atom stereocenters. The Morgan fingerprint density at radius 1 is 1.09 bits per heavy atom. The minimum Gasteiger partial charge on any atom is -0.387 e. The number of nitrogens with zero attached hydrogens (tertiary/aromatic N) is 2. The number of hydrogen-bond acceptors (Lipinski definition) is 6. The molecule has 0 aromatic heterocycles. The number of alkyl halides is 4. The van der Waals surface area contributed by atoms with Gasteiger partial charge in [0.1, 0.15) is 16.1 Å². The molecule has 34 heavy (non-hydrogen) atoms. The number of halogens is 6. The normalized spacial score (nSPS) is 14.4. The van der Waals surface area contributed by atoms with Crippen LogP contribution in [-0.2, 0) is 4.74 Å². The molecule has 8 nitrogen and oxygen atoms in total. The summed E-state index contributed by atoms with van der Waals surface area (Å²) in [4.78, 5) is 19.9. The van der Waals surface area contributed by atoms with Crippen molar-refractivity contribution in [3.8, 4) is 0 Å². The van der Waals surface area contributed by atoms with Crippen LogP contribution in [0.3, 0.4) is 0 Å². The Hall–Kier alpha value is 0.220. The first kappa shape index (κ1) is 34.2. The molecule has 1 N–H and O–H groups in total. The number of nitro benzene ring substituents is 2. The number of rotatable bonds is 5. The number of aliphatic hydroxyl groups excluding tert-OH is 1. The van der Waals surface area contributed by atoms with Gasteiger partial charge in [0.2, 0.25) is 0 Å². The third kappa shape index (κ3) is 14.1. The van der Waals surface area contributed by atoms with Crippen molar-refractivity contribution in [3.05, 3.63) is 77.8 Å². The van der Waals surface area contributed by atoms with E-state index in [0.717, 1.165) is 7.49 Å². The number of aliphatic hydroxyl groups is 1. The lowest BCUT2D eigenvalue weighted by Crippen LogP contribution is -2.00. The van der Waals surface area contributed by atoms with Crippen LogP contribution in [0.15, 0.2) is 36.4 Å². The summed E-state index contributed by atoms with van der Waals surface area (Å²) in [6.45, 7) is 4.89. The fourth-order valence-electron chi connectivity index (χ4n) is 2.08. The monoisotopic (exact) mass is 872 g/mol. The van der Waals surface area contributed by atoms with E-state index < -0.39 is 16.0 Å². The maximum absolute atomic E-state index is 10.5. The largest absolute Gasteiger partial charge is 0.387 e. The number of ether oxygens (including phenoxy) is 1. The lowest BCUT2D eigenvalue weighted by molar-refractivity contribution is -0.384. The zero-order valence-electron chi connectivity index (χ0n) is 18.0. The van der Waals surface area contributed by atoms with E-state index >= 15 is 0 Å². The predicted octanol–water partition coefficient (Wildman–Crippen LogP) is 8.48. The average molecular weight is 873 g/mol. The van der Waals surface area contributed by atoms with E-state index in [-0.39, 0.29) is 33.4 Å². The molecule has 0 radical (unpaired) electrons. The second-order valence-corrected chi connectivity index (χ2v) is 15.0. The molecule has 1 saturated heterocycles. The quantitative estimate of drug-likeness (QED) is 0.106. The highest BCUT2D eigenvalue weighted by molar-refractivity contribution is 14.2. The van der Waals surface area contributed by atoms with Gasteiger partial charge in [-0.25, -0.2) is 0 Å². The van der Waals surface area contributed by atoms with Crippen molar-refractivity contribution in [2.45, 2.75) is 28.0 Å². The lowest BCUT2D eigenvalue weighted by atomic mass is 10.1. The van der Waals surface area contributed by atoms with Crippen LogP contribution in [0.1, 0.15) is 37.2 Å². The smallest absolute Gasteiger partial charge is 0.288 e. The Morgan fingerprint density at radius 3 is 1.88 bits per heavy atom. The van der Waals surface area contributed by atoms with Crippen LogP contribution in [0.25, 0.3) is 0 Å². The summed E-state index contributed by atoms with van der Waals surface area (Å²) in [5, 5.41) is 30.5. The molecule has 1 aliphatic rings. The molecule has 1 aliphatic heterocycles. The van der Waals surface area contributed by atoms with Gasteiger partial charge in [-0.2, -0.15) is 0 Å². The Bertz CT molecular complexity index is 934. The van der Waals surface area contributed by atoms with Crippen LogP contribution in [0.2, 0.25) is 10.0 Å². The Balaban J connectivity index is 0.000000505. The molecule has 2 aromatic carbocycles. The third-order valence-corrected chi connectivity index (χ3v) is 4.50. The molecule has 14 heteroatoms. The first-order chi connectivity index (χ1) is 15.9. The average Bonchev–Trinajstić information content (AvgIpc) is 3.59. The second-order valence-electron chi connectivity index (χ2n) is 6.21. The van der Waals surface area contributed by atoms with Crippen LogP contribution in [0, 0.1) is 20.2 Å². The van der Waals surface area contributed by atoms with Gasteiger partial charge < -0.3 is 9.84 Å². The molecule has 2 aromatic rings. The van der Waals surface area contributed by atoms with E-state index in [9.17, 15) is 25.3 Å². The third-order valence-electron chi connectivity index (χ3n) is 3.57. The van der Waals surface area contributed by atoms with Crippen LogP contribution in [0.5, 0.6) is 0 Å². The minimum atomic E-state index is -0.910. The molecule has 0 saturated carbocycles. The van der Waals surface area contributed by atoms with Crippen molar-refractivity contribution in [2.24, 2.45) is 0 Å².